The first-order valence-corrected chi connectivity index (χ1v) is 3.95. The van der Waals surface area contributed by atoms with Gasteiger partial charge in [-0.1, -0.05) is 13.3 Å². The minimum Gasteiger partial charge on any atom is -0.353 e. The molecule has 2 nitrogen and oxygen atoms in total. The maximum Gasteiger partial charge on any atom is 0.219 e. The van der Waals surface area contributed by atoms with Crippen molar-refractivity contribution in [2.45, 2.75) is 38.6 Å². The highest BCUT2D eigenvalue weighted by atomic mass is 16.1. The molecular formula is C8H14NO. The van der Waals surface area contributed by atoms with E-state index in [0.29, 0.717) is 12.5 Å². The molecule has 0 saturated heterocycles. The van der Waals surface area contributed by atoms with E-state index in [2.05, 4.69) is 11.7 Å². The van der Waals surface area contributed by atoms with Crippen LogP contribution in [0.5, 0.6) is 0 Å². The van der Waals surface area contributed by atoms with E-state index in [1.807, 2.05) is 6.92 Å². The van der Waals surface area contributed by atoms with Crippen molar-refractivity contribution in [2.24, 2.45) is 0 Å². The van der Waals surface area contributed by atoms with Crippen molar-refractivity contribution in [1.29, 1.82) is 0 Å². The summed E-state index contributed by atoms with van der Waals surface area (Å²) in [4.78, 5) is 10.8. The fourth-order valence-corrected chi connectivity index (χ4v) is 1.21. The molecule has 1 aliphatic carbocycles. The summed E-state index contributed by atoms with van der Waals surface area (Å²) < 4.78 is 0. The minimum atomic E-state index is 0.170. The second-order valence-corrected chi connectivity index (χ2v) is 2.69. The van der Waals surface area contributed by atoms with Gasteiger partial charge in [0, 0.05) is 12.5 Å². The normalized spacial score (nSPS) is 19.3. The standard InChI is InChI=1S/C8H14NO/c1-2-8(10)9-7-5-3-4-6-7/h5,7H,2-4,6H2,1H3,(H,9,10). The number of rotatable bonds is 2. The first-order valence-electron chi connectivity index (χ1n) is 3.95. The van der Waals surface area contributed by atoms with Crippen molar-refractivity contribution in [3.8, 4) is 0 Å². The van der Waals surface area contributed by atoms with E-state index in [9.17, 15) is 4.79 Å². The van der Waals surface area contributed by atoms with E-state index in [4.69, 9.17) is 0 Å². The molecule has 0 aromatic heterocycles. The first-order chi connectivity index (χ1) is 4.83. The maximum absolute atomic E-state index is 10.8. The predicted molar refractivity (Wildman–Crippen MR) is 40.4 cm³/mol. The van der Waals surface area contributed by atoms with Crippen molar-refractivity contribution < 1.29 is 4.79 Å². The summed E-state index contributed by atoms with van der Waals surface area (Å²) in [5.41, 5.74) is 0. The van der Waals surface area contributed by atoms with E-state index >= 15 is 0 Å². The average Bonchev–Trinajstić information content (AvgIpc) is 2.40. The summed E-state index contributed by atoms with van der Waals surface area (Å²) in [6.07, 6.45) is 6.31. The number of carbonyl (C=O) groups is 1. The molecule has 57 valence electrons. The quantitative estimate of drug-likeness (QED) is 0.615. The van der Waals surface area contributed by atoms with Crippen LogP contribution >= 0.6 is 0 Å². The molecule has 1 N–H and O–H groups in total. The van der Waals surface area contributed by atoms with Crippen LogP contribution in [0.3, 0.4) is 0 Å². The monoisotopic (exact) mass is 140 g/mol. The van der Waals surface area contributed by atoms with Gasteiger partial charge in [-0.25, -0.2) is 0 Å². The highest BCUT2D eigenvalue weighted by Crippen LogP contribution is 2.16. The fraction of sp³-hybridized carbons (Fsp3) is 0.750. The topological polar surface area (TPSA) is 29.1 Å². The Hall–Kier alpha value is -0.530. The summed E-state index contributed by atoms with van der Waals surface area (Å²) >= 11 is 0. The summed E-state index contributed by atoms with van der Waals surface area (Å²) in [6.45, 7) is 1.88. The van der Waals surface area contributed by atoms with E-state index in [1.165, 1.54) is 6.42 Å². The van der Waals surface area contributed by atoms with E-state index in [1.54, 1.807) is 0 Å². The fourth-order valence-electron chi connectivity index (χ4n) is 1.21. The largest absolute Gasteiger partial charge is 0.353 e. The second-order valence-electron chi connectivity index (χ2n) is 2.69. The Morgan fingerprint density at radius 2 is 2.60 bits per heavy atom. The van der Waals surface area contributed by atoms with Crippen LogP contribution in [-0.2, 0) is 4.79 Å². The Bertz CT molecular complexity index is 116. The molecule has 0 heterocycles. The van der Waals surface area contributed by atoms with Gasteiger partial charge in [-0.3, -0.25) is 4.79 Å². The van der Waals surface area contributed by atoms with E-state index < -0.39 is 0 Å². The van der Waals surface area contributed by atoms with Crippen LogP contribution in [0.2, 0.25) is 0 Å². The van der Waals surface area contributed by atoms with E-state index in [-0.39, 0.29) is 5.91 Å². The molecular weight excluding hydrogens is 126 g/mol. The average molecular weight is 140 g/mol. The van der Waals surface area contributed by atoms with E-state index in [0.717, 1.165) is 12.8 Å². The second kappa shape index (κ2) is 3.59. The molecule has 1 amide bonds. The van der Waals surface area contributed by atoms with Gasteiger partial charge in [0.05, 0.1) is 0 Å². The molecule has 1 rings (SSSR count). The minimum absolute atomic E-state index is 0.170. The van der Waals surface area contributed by atoms with Crippen LogP contribution in [0, 0.1) is 6.42 Å². The lowest BCUT2D eigenvalue weighted by molar-refractivity contribution is -0.121. The molecule has 0 bridgehead atoms. The third-order valence-corrected chi connectivity index (χ3v) is 1.84. The predicted octanol–water partition coefficient (Wildman–Crippen LogP) is 1.27. The smallest absolute Gasteiger partial charge is 0.219 e. The SMILES string of the molecule is CCC(=O)NC1[CH]CCC1. The molecule has 0 aromatic rings. The van der Waals surface area contributed by atoms with Gasteiger partial charge in [-0.05, 0) is 19.3 Å². The summed E-state index contributed by atoms with van der Waals surface area (Å²) in [5, 5.41) is 2.93. The highest BCUT2D eigenvalue weighted by molar-refractivity contribution is 5.76. The van der Waals surface area contributed by atoms with Crippen LogP contribution in [0.4, 0.5) is 0 Å². The number of hydrogen-bond donors (Lipinski definition) is 1. The van der Waals surface area contributed by atoms with Crippen LogP contribution < -0.4 is 5.32 Å². The first kappa shape index (κ1) is 7.58. The third kappa shape index (κ3) is 2.01. The molecule has 1 fully saturated rings. The van der Waals surface area contributed by atoms with Gasteiger partial charge >= 0.3 is 0 Å². The van der Waals surface area contributed by atoms with Gasteiger partial charge in [0.2, 0.25) is 5.91 Å². The molecule has 1 radical (unpaired) electrons. The van der Waals surface area contributed by atoms with Crippen LogP contribution in [0.15, 0.2) is 0 Å². The van der Waals surface area contributed by atoms with Crippen molar-refractivity contribution in [3.05, 3.63) is 6.42 Å². The van der Waals surface area contributed by atoms with Crippen molar-refractivity contribution >= 4 is 5.91 Å². The molecule has 1 saturated carbocycles. The van der Waals surface area contributed by atoms with Crippen molar-refractivity contribution in [1.82, 2.24) is 5.32 Å². The molecule has 0 spiro atoms. The third-order valence-electron chi connectivity index (χ3n) is 1.84. The van der Waals surface area contributed by atoms with Crippen LogP contribution in [0.25, 0.3) is 0 Å². The molecule has 2 heteroatoms. The Balaban J connectivity index is 2.17. The molecule has 10 heavy (non-hydrogen) atoms. The lowest BCUT2D eigenvalue weighted by Gasteiger charge is -2.09. The van der Waals surface area contributed by atoms with Gasteiger partial charge in [-0.15, -0.1) is 0 Å². The maximum atomic E-state index is 10.8. The molecule has 1 unspecified atom stereocenters. The van der Waals surface area contributed by atoms with Crippen molar-refractivity contribution in [2.75, 3.05) is 0 Å². The van der Waals surface area contributed by atoms with Gasteiger partial charge < -0.3 is 5.32 Å². The zero-order chi connectivity index (χ0) is 7.40. The summed E-state index contributed by atoms with van der Waals surface area (Å²) in [7, 11) is 0. The van der Waals surface area contributed by atoms with Gasteiger partial charge in [0.1, 0.15) is 0 Å². The van der Waals surface area contributed by atoms with Gasteiger partial charge in [-0.2, -0.15) is 0 Å². The summed E-state index contributed by atoms with van der Waals surface area (Å²) in [6, 6.07) is 0.368. The molecule has 0 aliphatic heterocycles. The zero-order valence-corrected chi connectivity index (χ0v) is 6.39. The lowest BCUT2D eigenvalue weighted by Crippen LogP contribution is -2.32. The molecule has 1 atom stereocenters. The number of nitrogens with one attached hydrogen (secondary N) is 1. The Morgan fingerprint density at radius 1 is 1.80 bits per heavy atom. The Kier molecular flexibility index (Phi) is 2.72. The number of carbonyl (C=O) groups excluding carboxylic acids is 1. The zero-order valence-electron chi connectivity index (χ0n) is 6.39. The lowest BCUT2D eigenvalue weighted by atomic mass is 10.2. The molecule has 0 aromatic carbocycles. The van der Waals surface area contributed by atoms with Gasteiger partial charge in [0.25, 0.3) is 0 Å². The number of hydrogen-bond acceptors (Lipinski definition) is 1. The summed E-state index contributed by atoms with van der Waals surface area (Å²) in [5.74, 6) is 0.170. The van der Waals surface area contributed by atoms with Crippen molar-refractivity contribution in [3.63, 3.8) is 0 Å². The Morgan fingerprint density at radius 3 is 3.10 bits per heavy atom. The Labute approximate surface area is 62.0 Å². The van der Waals surface area contributed by atoms with Gasteiger partial charge in [0.15, 0.2) is 0 Å². The highest BCUT2D eigenvalue weighted by Gasteiger charge is 2.15. The van der Waals surface area contributed by atoms with Crippen LogP contribution in [0.1, 0.15) is 32.6 Å². The molecule has 1 aliphatic rings. The number of amides is 1. The van der Waals surface area contributed by atoms with Crippen LogP contribution in [-0.4, -0.2) is 11.9 Å².